The van der Waals surface area contributed by atoms with Crippen molar-refractivity contribution in [3.63, 3.8) is 0 Å². The van der Waals surface area contributed by atoms with Gasteiger partial charge < -0.3 is 37.9 Å². The Hall–Kier alpha value is 1.02. The van der Waals surface area contributed by atoms with E-state index in [0.717, 1.165) is 0 Å². The molecule has 8 heteroatoms. The number of hydrogen-bond acceptors (Lipinski definition) is 5. The quantitative estimate of drug-likeness (QED) is 0.384. The van der Waals surface area contributed by atoms with E-state index in [1.54, 1.807) is 0 Å². The minimum absolute atomic E-state index is 0. The van der Waals surface area contributed by atoms with Gasteiger partial charge in [0.05, 0.1) is 12.1 Å². The van der Waals surface area contributed by atoms with Crippen LogP contribution in [0.1, 0.15) is 6.42 Å². The van der Waals surface area contributed by atoms with Gasteiger partial charge in [0.1, 0.15) is 0 Å². The van der Waals surface area contributed by atoms with E-state index >= 15 is 0 Å². The van der Waals surface area contributed by atoms with Crippen molar-refractivity contribution < 1.29 is 77.2 Å². The minimum Gasteiger partial charge on any atom is -0.742 e. The number of aliphatic hydroxyl groups excluding tert-OH is 1. The van der Waals surface area contributed by atoms with E-state index in [0.29, 0.717) is 0 Å². The van der Waals surface area contributed by atoms with Crippen LogP contribution in [0.4, 0.5) is 0 Å². The standard InChI is InChI=1S/C4H6O4S.Au.Na.H2O/c5-2(4(7)8)1-3(6)9;;;/h2,5H,1H2,(H,6,9)(H,7,8);;;1H2/q;2*+1;/p-2. The molecule has 70 valence electrons. The predicted octanol–water partition coefficient (Wildman–Crippen LogP) is -6.26. The molecule has 0 bridgehead atoms. The summed E-state index contributed by atoms with van der Waals surface area (Å²) in [7, 11) is 0. The van der Waals surface area contributed by atoms with Crippen molar-refractivity contribution >= 4 is 23.7 Å². The molecule has 0 saturated heterocycles. The fourth-order valence-electron chi connectivity index (χ4n) is 0.241. The molecule has 0 amide bonds. The Kier molecular flexibility index (Phi) is 23.2. The zero-order valence-electron chi connectivity index (χ0n) is 6.17. The molecule has 0 aromatic heterocycles. The van der Waals surface area contributed by atoms with Crippen molar-refractivity contribution in [2.45, 2.75) is 12.5 Å². The van der Waals surface area contributed by atoms with E-state index in [9.17, 15) is 14.7 Å². The topological polar surface area (TPSA) is 109 Å². The summed E-state index contributed by atoms with van der Waals surface area (Å²) in [6.07, 6.45) is -2.31. The maximum atomic E-state index is 9.92. The van der Waals surface area contributed by atoms with Crippen LogP contribution in [0, 0.1) is 0 Å². The Morgan fingerprint density at radius 3 is 1.92 bits per heavy atom. The summed E-state index contributed by atoms with van der Waals surface area (Å²) < 4.78 is 0. The molecule has 3 N–H and O–H groups in total. The zero-order valence-corrected chi connectivity index (χ0v) is 11.1. The molecule has 0 radical (unpaired) electrons. The number of carbonyl (C=O) groups is 2. The number of aliphatic carboxylic acids is 1. The maximum absolute atomic E-state index is 9.92. The molecule has 1 atom stereocenters. The molecule has 0 heterocycles. The maximum Gasteiger partial charge on any atom is 1.00 e. The van der Waals surface area contributed by atoms with Crippen LogP contribution in [-0.2, 0) is 44.6 Å². The van der Waals surface area contributed by atoms with E-state index in [1.807, 2.05) is 0 Å². The summed E-state index contributed by atoms with van der Waals surface area (Å²) in [4.78, 5) is 19.6. The van der Waals surface area contributed by atoms with Crippen molar-refractivity contribution in [3.05, 3.63) is 0 Å². The number of hydrogen-bond donors (Lipinski definition) is 1. The molecular formula is C4H6AuNaO5S. The monoisotopic (exact) mass is 386 g/mol. The van der Waals surface area contributed by atoms with Gasteiger partial charge in [-0.25, -0.2) is 0 Å². The van der Waals surface area contributed by atoms with E-state index in [-0.39, 0.29) is 57.4 Å². The first-order valence-electron chi connectivity index (χ1n) is 2.13. The van der Waals surface area contributed by atoms with Gasteiger partial charge in [-0.1, -0.05) is 0 Å². The molecule has 0 aliphatic rings. The third-order valence-electron chi connectivity index (χ3n) is 0.632. The predicted molar refractivity (Wildman–Crippen MR) is 31.6 cm³/mol. The average Bonchev–Trinajstić information content (AvgIpc) is 1.63. The summed E-state index contributed by atoms with van der Waals surface area (Å²) in [6.45, 7) is 0. The van der Waals surface area contributed by atoms with Crippen molar-refractivity contribution in [2.75, 3.05) is 0 Å². The fourth-order valence-corrected chi connectivity index (χ4v) is 0.399. The Balaban J connectivity index is -0.000000107. The zero-order chi connectivity index (χ0) is 7.44. The minimum atomic E-state index is -1.75. The van der Waals surface area contributed by atoms with Crippen molar-refractivity contribution in [1.82, 2.24) is 0 Å². The molecule has 0 aliphatic heterocycles. The van der Waals surface area contributed by atoms with Crippen LogP contribution >= 0.6 is 0 Å². The van der Waals surface area contributed by atoms with Gasteiger partial charge in [-0.3, -0.25) is 0 Å². The Morgan fingerprint density at radius 1 is 1.50 bits per heavy atom. The van der Waals surface area contributed by atoms with Crippen molar-refractivity contribution in [2.24, 2.45) is 0 Å². The molecule has 0 fully saturated rings. The Bertz CT molecular complexity index is 143. The van der Waals surface area contributed by atoms with E-state index in [4.69, 9.17) is 5.11 Å². The fraction of sp³-hybridized carbons (Fsp3) is 0.500. The molecule has 0 aromatic carbocycles. The molecule has 0 saturated carbocycles. The van der Waals surface area contributed by atoms with Gasteiger partial charge >= 0.3 is 51.9 Å². The molecule has 0 aliphatic carbocycles. The molecule has 1 unspecified atom stereocenters. The number of rotatable bonds is 3. The number of carbonyl (C=O) groups excluding carboxylic acids is 2. The number of carboxylic acid groups (broad SMARTS) is 1. The van der Waals surface area contributed by atoms with E-state index in [1.165, 1.54) is 0 Å². The van der Waals surface area contributed by atoms with Gasteiger partial charge in [0, 0.05) is 11.5 Å². The van der Waals surface area contributed by atoms with Gasteiger partial charge in [-0.2, -0.15) is 0 Å². The van der Waals surface area contributed by atoms with Crippen LogP contribution in [0.5, 0.6) is 0 Å². The van der Waals surface area contributed by atoms with Crippen LogP contribution in [0.15, 0.2) is 0 Å². The second kappa shape index (κ2) is 12.0. The van der Waals surface area contributed by atoms with E-state index in [2.05, 4.69) is 12.6 Å². The van der Waals surface area contributed by atoms with Gasteiger partial charge in [-0.05, 0) is 0 Å². The van der Waals surface area contributed by atoms with Crippen molar-refractivity contribution in [1.29, 1.82) is 0 Å². The van der Waals surface area contributed by atoms with Gasteiger partial charge in [0.25, 0.3) is 0 Å². The van der Waals surface area contributed by atoms with Crippen LogP contribution < -0.4 is 34.7 Å². The Morgan fingerprint density at radius 2 is 1.83 bits per heavy atom. The molecule has 0 spiro atoms. The summed E-state index contributed by atoms with van der Waals surface area (Å²) in [5, 5.41) is 17.2. The SMILES string of the molecule is O.O=C([S-])CC(O)C(=O)[O-].[Au+].[Na+]. The van der Waals surface area contributed by atoms with E-state index < -0.39 is 23.6 Å². The van der Waals surface area contributed by atoms with Crippen molar-refractivity contribution in [3.8, 4) is 0 Å². The third-order valence-corrected chi connectivity index (χ3v) is 0.799. The van der Waals surface area contributed by atoms with Gasteiger partial charge in [0.15, 0.2) is 0 Å². The molecule has 12 heavy (non-hydrogen) atoms. The second-order valence-corrected chi connectivity index (χ2v) is 1.87. The van der Waals surface area contributed by atoms with Crippen LogP contribution in [0.2, 0.25) is 0 Å². The number of carboxylic acids is 1. The smallest absolute Gasteiger partial charge is 0.742 e. The number of aliphatic hydroxyl groups is 1. The normalized spacial score (nSPS) is 9.42. The molecule has 5 nitrogen and oxygen atoms in total. The first-order chi connectivity index (χ1) is 4.04. The third kappa shape index (κ3) is 13.6. The average molecular weight is 386 g/mol. The largest absolute Gasteiger partial charge is 1.00 e. The molecule has 0 rings (SSSR count). The van der Waals surface area contributed by atoms with Gasteiger partial charge in [0.2, 0.25) is 0 Å². The van der Waals surface area contributed by atoms with Crippen LogP contribution in [0.3, 0.4) is 0 Å². The summed E-state index contributed by atoms with van der Waals surface area (Å²) >= 11 is 3.98. The summed E-state index contributed by atoms with van der Waals surface area (Å²) in [5.41, 5.74) is 0. The first-order valence-corrected chi connectivity index (χ1v) is 2.53. The molecule has 0 aromatic rings. The van der Waals surface area contributed by atoms with Gasteiger partial charge in [-0.15, -0.1) is 0 Å². The van der Waals surface area contributed by atoms with Crippen LogP contribution in [0.25, 0.3) is 0 Å². The summed E-state index contributed by atoms with van der Waals surface area (Å²) in [5.74, 6) is -1.67. The molecular weight excluding hydrogens is 380 g/mol. The summed E-state index contributed by atoms with van der Waals surface area (Å²) in [6, 6.07) is 0. The Labute approximate surface area is 112 Å². The second-order valence-electron chi connectivity index (χ2n) is 1.41. The first kappa shape index (κ1) is 23.1. The van der Waals surface area contributed by atoms with Crippen LogP contribution in [-0.4, -0.2) is 27.8 Å².